The zero-order valence-electron chi connectivity index (χ0n) is 17.5. The SMILES string of the molecule is CC.CCOCCOCCOCCOCCNC(=O)COC(CC)CC.[HH]. The van der Waals surface area contributed by atoms with Crippen molar-refractivity contribution in [2.75, 3.05) is 66.0 Å². The fourth-order valence-corrected chi connectivity index (χ4v) is 1.84. The van der Waals surface area contributed by atoms with Crippen molar-refractivity contribution in [1.82, 2.24) is 5.32 Å². The predicted molar refractivity (Wildman–Crippen MR) is 106 cm³/mol. The molecule has 0 spiro atoms. The zero-order valence-corrected chi connectivity index (χ0v) is 17.5. The van der Waals surface area contributed by atoms with Crippen LogP contribution in [0, 0.1) is 0 Å². The molecule has 0 aromatic carbocycles. The van der Waals surface area contributed by atoms with Crippen molar-refractivity contribution in [1.29, 1.82) is 0 Å². The standard InChI is InChI=1S/C17H35NO6.C2H6.H2/c1-4-16(5-2)24-15-17(19)18-7-8-21-11-12-23-14-13-22-10-9-20-6-3;1-2;/h16H,4-15H2,1-3H3,(H,18,19);1-2H3;1H. The van der Waals surface area contributed by atoms with Crippen molar-refractivity contribution in [3.63, 3.8) is 0 Å². The Morgan fingerprint density at radius 2 is 1.27 bits per heavy atom. The van der Waals surface area contributed by atoms with Crippen LogP contribution in [0.25, 0.3) is 0 Å². The summed E-state index contributed by atoms with van der Waals surface area (Å²) in [6, 6.07) is 0. The third-order valence-corrected chi connectivity index (χ3v) is 3.25. The summed E-state index contributed by atoms with van der Waals surface area (Å²) in [5.74, 6) is -0.106. The molecule has 0 heterocycles. The van der Waals surface area contributed by atoms with Gasteiger partial charge in [0, 0.05) is 14.6 Å². The average Bonchev–Trinajstić information content (AvgIpc) is 2.68. The Bertz CT molecular complexity index is 281. The molecule has 0 aromatic heterocycles. The highest BCUT2D eigenvalue weighted by Gasteiger charge is 2.06. The van der Waals surface area contributed by atoms with Crippen LogP contribution in [0.5, 0.6) is 0 Å². The van der Waals surface area contributed by atoms with Crippen molar-refractivity contribution in [3.05, 3.63) is 0 Å². The number of hydrogen-bond donors (Lipinski definition) is 1. The second-order valence-corrected chi connectivity index (χ2v) is 5.13. The van der Waals surface area contributed by atoms with Crippen LogP contribution in [0.1, 0.15) is 48.9 Å². The largest absolute Gasteiger partial charge is 0.379 e. The number of carbonyl (C=O) groups excluding carboxylic acids is 1. The van der Waals surface area contributed by atoms with E-state index in [4.69, 9.17) is 23.7 Å². The second-order valence-electron chi connectivity index (χ2n) is 5.13. The number of rotatable bonds is 18. The zero-order chi connectivity index (χ0) is 19.9. The third-order valence-electron chi connectivity index (χ3n) is 3.25. The summed E-state index contributed by atoms with van der Waals surface area (Å²) >= 11 is 0. The van der Waals surface area contributed by atoms with Crippen molar-refractivity contribution < 1.29 is 29.9 Å². The van der Waals surface area contributed by atoms with E-state index in [1.54, 1.807) is 0 Å². The van der Waals surface area contributed by atoms with E-state index in [1.807, 2.05) is 20.8 Å². The highest BCUT2D eigenvalue weighted by molar-refractivity contribution is 5.77. The molecule has 1 N–H and O–H groups in total. The molecule has 0 bridgehead atoms. The van der Waals surface area contributed by atoms with Gasteiger partial charge in [-0.2, -0.15) is 0 Å². The molecule has 0 unspecified atom stereocenters. The minimum absolute atomic E-state index is 0. The maximum absolute atomic E-state index is 11.5. The first-order chi connectivity index (χ1) is 12.7. The number of hydrogen-bond acceptors (Lipinski definition) is 6. The molecule has 0 rings (SSSR count). The van der Waals surface area contributed by atoms with Crippen molar-refractivity contribution in [2.45, 2.75) is 53.6 Å². The molecule has 0 aliphatic carbocycles. The van der Waals surface area contributed by atoms with Crippen LogP contribution < -0.4 is 5.32 Å². The van der Waals surface area contributed by atoms with Gasteiger partial charge in [0.05, 0.1) is 52.4 Å². The van der Waals surface area contributed by atoms with Gasteiger partial charge in [-0.1, -0.05) is 27.7 Å². The summed E-state index contributed by atoms with van der Waals surface area (Å²) in [6.07, 6.45) is 2.00. The lowest BCUT2D eigenvalue weighted by atomic mass is 10.2. The maximum atomic E-state index is 11.5. The molecular formula is C19H43NO6. The molecule has 1 amide bonds. The Morgan fingerprint density at radius 3 is 1.73 bits per heavy atom. The highest BCUT2D eigenvalue weighted by Crippen LogP contribution is 2.01. The second kappa shape index (κ2) is 24.3. The molecule has 0 saturated carbocycles. The Morgan fingerprint density at radius 1 is 0.808 bits per heavy atom. The Kier molecular flexibility index (Phi) is 25.7. The summed E-state index contributed by atoms with van der Waals surface area (Å²) in [6.45, 7) is 15.1. The van der Waals surface area contributed by atoms with Gasteiger partial charge in [0.2, 0.25) is 5.91 Å². The van der Waals surface area contributed by atoms with Crippen molar-refractivity contribution in [3.8, 4) is 0 Å². The van der Waals surface area contributed by atoms with E-state index < -0.39 is 0 Å². The summed E-state index contributed by atoms with van der Waals surface area (Å²) in [5, 5.41) is 2.76. The third kappa shape index (κ3) is 21.3. The van der Waals surface area contributed by atoms with Crippen molar-refractivity contribution in [2.24, 2.45) is 0 Å². The van der Waals surface area contributed by atoms with E-state index in [-0.39, 0.29) is 20.0 Å². The van der Waals surface area contributed by atoms with Gasteiger partial charge in [-0.15, -0.1) is 0 Å². The maximum Gasteiger partial charge on any atom is 0.246 e. The fraction of sp³-hybridized carbons (Fsp3) is 0.947. The van der Waals surface area contributed by atoms with Gasteiger partial charge < -0.3 is 29.0 Å². The molecular weight excluding hydrogens is 338 g/mol. The minimum atomic E-state index is -0.106. The van der Waals surface area contributed by atoms with E-state index in [2.05, 4.69) is 19.2 Å². The molecule has 0 aliphatic heterocycles. The topological polar surface area (TPSA) is 75.3 Å². The number of nitrogens with one attached hydrogen (secondary N) is 1. The number of carbonyl (C=O) groups is 1. The van der Waals surface area contributed by atoms with Gasteiger partial charge >= 0.3 is 0 Å². The Balaban J connectivity index is -0.00000185. The molecule has 26 heavy (non-hydrogen) atoms. The molecule has 0 atom stereocenters. The first-order valence-corrected chi connectivity index (χ1v) is 9.93. The molecule has 7 nitrogen and oxygen atoms in total. The molecule has 0 aliphatic rings. The van der Waals surface area contributed by atoms with Crippen LogP contribution in [0.3, 0.4) is 0 Å². The van der Waals surface area contributed by atoms with E-state index >= 15 is 0 Å². The average molecular weight is 382 g/mol. The van der Waals surface area contributed by atoms with Gasteiger partial charge in [0.25, 0.3) is 0 Å². The van der Waals surface area contributed by atoms with E-state index in [9.17, 15) is 4.79 Å². The van der Waals surface area contributed by atoms with Gasteiger partial charge in [0.1, 0.15) is 6.61 Å². The monoisotopic (exact) mass is 381 g/mol. The summed E-state index contributed by atoms with van der Waals surface area (Å²) in [4.78, 5) is 11.5. The fourth-order valence-electron chi connectivity index (χ4n) is 1.84. The van der Waals surface area contributed by atoms with Gasteiger partial charge in [-0.05, 0) is 19.8 Å². The molecule has 0 fully saturated rings. The highest BCUT2D eigenvalue weighted by atomic mass is 16.6. The first-order valence-electron chi connectivity index (χ1n) is 9.93. The van der Waals surface area contributed by atoms with Crippen LogP contribution in [-0.4, -0.2) is 78.0 Å². The molecule has 0 radical (unpaired) electrons. The quantitative estimate of drug-likeness (QED) is 0.368. The van der Waals surface area contributed by atoms with Crippen LogP contribution in [-0.2, 0) is 28.5 Å². The lowest BCUT2D eigenvalue weighted by Crippen LogP contribution is -2.32. The number of amides is 1. The Hall–Kier alpha value is -0.730. The molecule has 160 valence electrons. The first kappa shape index (κ1) is 27.5. The summed E-state index contributed by atoms with van der Waals surface area (Å²) in [7, 11) is 0. The Labute approximate surface area is 161 Å². The van der Waals surface area contributed by atoms with E-state index in [0.29, 0.717) is 59.4 Å². The van der Waals surface area contributed by atoms with Gasteiger partial charge in [-0.25, -0.2) is 0 Å². The molecule has 0 saturated heterocycles. The van der Waals surface area contributed by atoms with Crippen LogP contribution in [0.2, 0.25) is 0 Å². The van der Waals surface area contributed by atoms with Crippen LogP contribution in [0.4, 0.5) is 0 Å². The summed E-state index contributed by atoms with van der Waals surface area (Å²) in [5.41, 5.74) is 0. The lowest BCUT2D eigenvalue weighted by Gasteiger charge is -2.13. The van der Waals surface area contributed by atoms with E-state index in [1.165, 1.54) is 0 Å². The molecule has 0 aromatic rings. The number of ether oxygens (including phenoxy) is 5. The molecule has 7 heteroatoms. The van der Waals surface area contributed by atoms with E-state index in [0.717, 1.165) is 12.8 Å². The van der Waals surface area contributed by atoms with Gasteiger partial charge in [0.15, 0.2) is 0 Å². The van der Waals surface area contributed by atoms with Crippen LogP contribution >= 0.6 is 0 Å². The summed E-state index contributed by atoms with van der Waals surface area (Å²) < 4.78 is 26.7. The predicted octanol–water partition coefficient (Wildman–Crippen LogP) is 2.67. The smallest absolute Gasteiger partial charge is 0.246 e. The lowest BCUT2D eigenvalue weighted by molar-refractivity contribution is -0.128. The van der Waals surface area contributed by atoms with Gasteiger partial charge in [-0.3, -0.25) is 4.79 Å². The minimum Gasteiger partial charge on any atom is -0.379 e. The van der Waals surface area contributed by atoms with Crippen molar-refractivity contribution >= 4 is 5.91 Å². The normalized spacial score (nSPS) is 10.5. The van der Waals surface area contributed by atoms with Crippen LogP contribution in [0.15, 0.2) is 0 Å².